The molecule has 7 heteroatoms. The first kappa shape index (κ1) is 15.2. The van der Waals surface area contributed by atoms with Crippen LogP contribution in [-0.2, 0) is 6.61 Å². The molecule has 0 bridgehead atoms. The number of aliphatic hydroxyl groups is 1. The van der Waals surface area contributed by atoms with E-state index in [4.69, 9.17) is 4.52 Å². The maximum Gasteiger partial charge on any atom is 0.175 e. The summed E-state index contributed by atoms with van der Waals surface area (Å²) in [6, 6.07) is 5.47. The summed E-state index contributed by atoms with van der Waals surface area (Å²) in [4.78, 5) is 0. The lowest BCUT2D eigenvalue weighted by Crippen LogP contribution is -1.94. The summed E-state index contributed by atoms with van der Waals surface area (Å²) < 4.78 is 59.0. The number of nitrogens with zero attached hydrogens (tertiary/aromatic N) is 1. The van der Waals surface area contributed by atoms with E-state index in [9.17, 15) is 22.7 Å². The molecule has 3 aromatic rings. The molecule has 0 fully saturated rings. The van der Waals surface area contributed by atoms with Crippen LogP contribution in [0.1, 0.15) is 5.56 Å². The lowest BCUT2D eigenvalue weighted by atomic mass is 10.0. The van der Waals surface area contributed by atoms with Gasteiger partial charge in [-0.25, -0.2) is 17.6 Å². The van der Waals surface area contributed by atoms with Gasteiger partial charge >= 0.3 is 0 Å². The van der Waals surface area contributed by atoms with Crippen molar-refractivity contribution in [3.63, 3.8) is 0 Å². The number of benzene rings is 2. The van der Waals surface area contributed by atoms with Crippen molar-refractivity contribution in [2.45, 2.75) is 6.61 Å². The van der Waals surface area contributed by atoms with Gasteiger partial charge in [0.25, 0.3) is 0 Å². The summed E-state index contributed by atoms with van der Waals surface area (Å²) >= 11 is 0. The predicted molar refractivity (Wildman–Crippen MR) is 73.1 cm³/mol. The van der Waals surface area contributed by atoms with E-state index in [1.807, 2.05) is 0 Å². The number of hydrogen-bond acceptors (Lipinski definition) is 3. The van der Waals surface area contributed by atoms with Crippen LogP contribution in [0.2, 0.25) is 0 Å². The standard InChI is InChI=1S/C16H9F4NO2/c17-8-2-4-13(19)11(5-8)15-12(7-22)16(23-21-15)10-3-1-9(18)6-14(10)20/h1-6,22H,7H2. The van der Waals surface area contributed by atoms with Gasteiger partial charge in [0.05, 0.1) is 17.7 Å². The maximum atomic E-state index is 13.9. The topological polar surface area (TPSA) is 46.3 Å². The minimum atomic E-state index is -0.929. The average Bonchev–Trinajstić information content (AvgIpc) is 2.93. The molecule has 23 heavy (non-hydrogen) atoms. The van der Waals surface area contributed by atoms with Crippen molar-refractivity contribution in [3.05, 3.63) is 65.2 Å². The lowest BCUT2D eigenvalue weighted by molar-refractivity contribution is 0.281. The van der Waals surface area contributed by atoms with E-state index in [1.165, 1.54) is 0 Å². The molecule has 3 nitrogen and oxygen atoms in total. The first-order valence-electron chi connectivity index (χ1n) is 6.51. The first-order chi connectivity index (χ1) is 11.0. The molecule has 0 radical (unpaired) electrons. The average molecular weight is 323 g/mol. The first-order valence-corrected chi connectivity index (χ1v) is 6.51. The summed E-state index contributed by atoms with van der Waals surface area (Å²) in [5.41, 5.74) is -0.555. The van der Waals surface area contributed by atoms with Gasteiger partial charge in [0.1, 0.15) is 29.0 Å². The second-order valence-electron chi connectivity index (χ2n) is 4.75. The van der Waals surface area contributed by atoms with Crippen molar-refractivity contribution in [3.8, 4) is 22.6 Å². The Labute approximate surface area is 127 Å². The molecule has 1 aromatic heterocycles. The molecule has 0 atom stereocenters. The Bertz CT molecular complexity index is 877. The fourth-order valence-corrected chi connectivity index (χ4v) is 2.23. The smallest absolute Gasteiger partial charge is 0.175 e. The Morgan fingerprint density at radius 3 is 2.26 bits per heavy atom. The highest BCUT2D eigenvalue weighted by molar-refractivity contribution is 5.73. The molecule has 0 unspecified atom stereocenters. The molecular formula is C16H9F4NO2. The van der Waals surface area contributed by atoms with Crippen LogP contribution in [0, 0.1) is 23.3 Å². The fraction of sp³-hybridized carbons (Fsp3) is 0.0625. The lowest BCUT2D eigenvalue weighted by Gasteiger charge is -2.04. The van der Waals surface area contributed by atoms with Crippen LogP contribution < -0.4 is 0 Å². The maximum absolute atomic E-state index is 13.9. The third kappa shape index (κ3) is 2.70. The Kier molecular flexibility index (Phi) is 3.87. The van der Waals surface area contributed by atoms with E-state index in [0.29, 0.717) is 6.07 Å². The normalized spacial score (nSPS) is 11.0. The van der Waals surface area contributed by atoms with Crippen LogP contribution in [0.3, 0.4) is 0 Å². The Morgan fingerprint density at radius 2 is 1.57 bits per heavy atom. The minimum absolute atomic E-state index is 0.0278. The third-order valence-corrected chi connectivity index (χ3v) is 3.31. The highest BCUT2D eigenvalue weighted by Crippen LogP contribution is 2.35. The molecule has 0 saturated carbocycles. The highest BCUT2D eigenvalue weighted by atomic mass is 19.1. The molecule has 118 valence electrons. The second kappa shape index (κ2) is 5.85. The van der Waals surface area contributed by atoms with Gasteiger partial charge in [0.2, 0.25) is 0 Å². The Hall–Kier alpha value is -2.67. The van der Waals surface area contributed by atoms with Gasteiger partial charge in [-0.05, 0) is 30.3 Å². The van der Waals surface area contributed by atoms with Crippen molar-refractivity contribution < 1.29 is 27.2 Å². The SMILES string of the molecule is OCc1c(-c2cc(F)ccc2F)noc1-c1ccc(F)cc1F. The van der Waals surface area contributed by atoms with Crippen molar-refractivity contribution in [2.75, 3.05) is 0 Å². The van der Waals surface area contributed by atoms with Crippen molar-refractivity contribution in [2.24, 2.45) is 0 Å². The minimum Gasteiger partial charge on any atom is -0.391 e. The summed E-state index contributed by atoms with van der Waals surface area (Å²) in [5.74, 6) is -3.37. The van der Waals surface area contributed by atoms with E-state index in [0.717, 1.165) is 30.3 Å². The van der Waals surface area contributed by atoms with Crippen LogP contribution in [0.4, 0.5) is 17.6 Å². The van der Waals surface area contributed by atoms with E-state index < -0.39 is 29.9 Å². The molecule has 0 aliphatic rings. The summed E-state index contributed by atoms with van der Waals surface area (Å²) in [5, 5.41) is 13.1. The Morgan fingerprint density at radius 1 is 0.870 bits per heavy atom. The van der Waals surface area contributed by atoms with E-state index >= 15 is 0 Å². The molecule has 0 spiro atoms. The zero-order valence-electron chi connectivity index (χ0n) is 11.5. The molecule has 3 rings (SSSR count). The molecule has 0 aliphatic heterocycles. The molecular weight excluding hydrogens is 314 g/mol. The largest absolute Gasteiger partial charge is 0.391 e. The predicted octanol–water partition coefficient (Wildman–Crippen LogP) is 4.06. The number of aliphatic hydroxyl groups excluding tert-OH is 1. The van der Waals surface area contributed by atoms with E-state index in [1.54, 1.807) is 0 Å². The Balaban J connectivity index is 2.19. The van der Waals surface area contributed by atoms with Gasteiger partial charge in [0, 0.05) is 11.6 Å². The summed E-state index contributed by atoms with van der Waals surface area (Å²) in [7, 11) is 0. The zero-order valence-corrected chi connectivity index (χ0v) is 11.5. The van der Waals surface area contributed by atoms with Gasteiger partial charge in [-0.1, -0.05) is 5.16 Å². The van der Waals surface area contributed by atoms with Crippen LogP contribution in [0.15, 0.2) is 40.9 Å². The molecule has 1 N–H and O–H groups in total. The van der Waals surface area contributed by atoms with Gasteiger partial charge < -0.3 is 9.63 Å². The molecule has 0 aliphatic carbocycles. The van der Waals surface area contributed by atoms with Crippen molar-refractivity contribution in [1.29, 1.82) is 0 Å². The highest BCUT2D eigenvalue weighted by Gasteiger charge is 2.23. The van der Waals surface area contributed by atoms with E-state index in [2.05, 4.69) is 5.16 Å². The number of rotatable bonds is 3. The molecule has 2 aromatic carbocycles. The van der Waals surface area contributed by atoms with Crippen LogP contribution >= 0.6 is 0 Å². The zero-order chi connectivity index (χ0) is 16.6. The van der Waals surface area contributed by atoms with Crippen molar-refractivity contribution in [1.82, 2.24) is 5.16 Å². The van der Waals surface area contributed by atoms with Gasteiger partial charge in [0.15, 0.2) is 5.76 Å². The van der Waals surface area contributed by atoms with Gasteiger partial charge in [-0.2, -0.15) is 0 Å². The van der Waals surface area contributed by atoms with Gasteiger partial charge in [-0.3, -0.25) is 0 Å². The fourth-order valence-electron chi connectivity index (χ4n) is 2.23. The molecule has 1 heterocycles. The quantitative estimate of drug-likeness (QED) is 0.740. The third-order valence-electron chi connectivity index (χ3n) is 3.31. The molecule has 0 saturated heterocycles. The number of aromatic nitrogens is 1. The van der Waals surface area contributed by atoms with E-state index in [-0.39, 0.29) is 28.1 Å². The van der Waals surface area contributed by atoms with Crippen LogP contribution in [-0.4, -0.2) is 10.3 Å². The summed E-state index contributed by atoms with van der Waals surface area (Å²) in [6.45, 7) is -0.652. The number of hydrogen-bond donors (Lipinski definition) is 1. The van der Waals surface area contributed by atoms with Crippen LogP contribution in [0.5, 0.6) is 0 Å². The number of halogens is 4. The van der Waals surface area contributed by atoms with Gasteiger partial charge in [-0.15, -0.1) is 0 Å². The monoisotopic (exact) mass is 323 g/mol. The van der Waals surface area contributed by atoms with Crippen molar-refractivity contribution >= 4 is 0 Å². The second-order valence-corrected chi connectivity index (χ2v) is 4.75. The van der Waals surface area contributed by atoms with Crippen LogP contribution in [0.25, 0.3) is 22.6 Å². The summed E-state index contributed by atoms with van der Waals surface area (Å²) in [6.07, 6.45) is 0. The molecule has 0 amide bonds.